The number of hydrogen-bond acceptors (Lipinski definition) is 4. The van der Waals surface area contributed by atoms with Crippen LogP contribution in [0.3, 0.4) is 0 Å². The Morgan fingerprint density at radius 1 is 1.03 bits per heavy atom. The molecule has 31 heavy (non-hydrogen) atoms. The van der Waals surface area contributed by atoms with Crippen LogP contribution >= 0.6 is 0 Å². The average molecular weight is 435 g/mol. The summed E-state index contributed by atoms with van der Waals surface area (Å²) in [5, 5.41) is 22.2. The van der Waals surface area contributed by atoms with Gasteiger partial charge in [0.2, 0.25) is 0 Å². The number of esters is 1. The lowest BCUT2D eigenvalue weighted by molar-refractivity contribution is -0.203. The molecule has 0 spiro atoms. The van der Waals surface area contributed by atoms with Crippen LogP contribution in [-0.2, 0) is 9.53 Å². The number of carbonyl (C=O) groups is 1. The SMILES string of the molecule is CC[C@@H]1C2C[C@H](O)CCC2(C)[C@H]2CCC3(C)C([C@H](C)CCC(=O)OC)CC[C@H]3C2[C@H]1O. The van der Waals surface area contributed by atoms with Gasteiger partial charge in [-0.3, -0.25) is 4.79 Å². The monoisotopic (exact) mass is 434 g/mol. The molecule has 4 heteroatoms. The van der Waals surface area contributed by atoms with Gasteiger partial charge in [0.1, 0.15) is 0 Å². The van der Waals surface area contributed by atoms with Crippen molar-refractivity contribution in [2.75, 3.05) is 7.11 Å². The molecule has 2 N–H and O–H groups in total. The van der Waals surface area contributed by atoms with E-state index in [1.807, 2.05) is 0 Å². The highest BCUT2D eigenvalue weighted by Gasteiger charge is 2.64. The van der Waals surface area contributed by atoms with Gasteiger partial charge in [0.25, 0.3) is 0 Å². The summed E-state index contributed by atoms with van der Waals surface area (Å²) in [4.78, 5) is 11.7. The van der Waals surface area contributed by atoms with Crippen LogP contribution in [0.5, 0.6) is 0 Å². The quantitative estimate of drug-likeness (QED) is 0.584. The Morgan fingerprint density at radius 2 is 1.71 bits per heavy atom. The van der Waals surface area contributed by atoms with Gasteiger partial charge in [-0.2, -0.15) is 0 Å². The maximum Gasteiger partial charge on any atom is 0.305 e. The number of ether oxygens (including phenoxy) is 1. The highest BCUT2D eigenvalue weighted by Crippen LogP contribution is 2.69. The molecule has 178 valence electrons. The van der Waals surface area contributed by atoms with Crippen LogP contribution in [0.15, 0.2) is 0 Å². The Kier molecular flexibility index (Phi) is 6.55. The van der Waals surface area contributed by atoms with Crippen molar-refractivity contribution in [3.05, 3.63) is 0 Å². The van der Waals surface area contributed by atoms with Gasteiger partial charge >= 0.3 is 5.97 Å². The molecule has 0 aliphatic heterocycles. The topological polar surface area (TPSA) is 66.8 Å². The summed E-state index contributed by atoms with van der Waals surface area (Å²) in [7, 11) is 1.48. The van der Waals surface area contributed by atoms with Crippen LogP contribution in [0.2, 0.25) is 0 Å². The van der Waals surface area contributed by atoms with Gasteiger partial charge in [0, 0.05) is 6.42 Å². The zero-order valence-corrected chi connectivity index (χ0v) is 20.5. The summed E-state index contributed by atoms with van der Waals surface area (Å²) >= 11 is 0. The standard InChI is InChI=1S/C27H46O4/c1-6-18-22-15-17(28)11-13-27(22,4)21-12-14-26(3)19(16(2)7-10-23(29)31-5)8-9-20(26)24(21)25(18)30/h16-22,24-25,28,30H,6-15H2,1-5H3/t16-,17-,18-,19?,20+,21+,22?,24?,25+,26?,27?/m1/s1. The van der Waals surface area contributed by atoms with Crippen LogP contribution < -0.4 is 0 Å². The van der Waals surface area contributed by atoms with E-state index in [9.17, 15) is 15.0 Å². The summed E-state index contributed by atoms with van der Waals surface area (Å²) in [6.45, 7) is 9.58. The number of hydrogen-bond donors (Lipinski definition) is 2. The van der Waals surface area contributed by atoms with Crippen LogP contribution in [-0.4, -0.2) is 35.5 Å². The molecule has 0 heterocycles. The number of carbonyl (C=O) groups excluding carboxylic acids is 1. The number of rotatable bonds is 5. The fourth-order valence-corrected chi connectivity index (χ4v) is 9.58. The Morgan fingerprint density at radius 3 is 2.39 bits per heavy atom. The molecule has 0 radical (unpaired) electrons. The molecule has 0 aromatic carbocycles. The second-order valence-electron chi connectivity index (χ2n) is 12.2. The Bertz CT molecular complexity index is 664. The highest BCUT2D eigenvalue weighted by atomic mass is 16.5. The Hall–Kier alpha value is -0.610. The zero-order chi connectivity index (χ0) is 22.6. The third-order valence-electron chi connectivity index (χ3n) is 11.2. The van der Waals surface area contributed by atoms with Crippen molar-refractivity contribution in [3.8, 4) is 0 Å². The van der Waals surface area contributed by atoms with Crippen molar-refractivity contribution >= 4 is 5.97 Å². The molecule has 0 aromatic rings. The summed E-state index contributed by atoms with van der Waals surface area (Å²) in [5.74, 6) is 3.41. The molecule has 4 saturated carbocycles. The molecule has 0 aromatic heterocycles. The van der Waals surface area contributed by atoms with Crippen molar-refractivity contribution in [2.24, 2.45) is 52.3 Å². The summed E-state index contributed by atoms with van der Waals surface area (Å²) in [6, 6.07) is 0. The van der Waals surface area contributed by atoms with Crippen LogP contribution in [0, 0.1) is 52.3 Å². The van der Waals surface area contributed by atoms with Gasteiger partial charge in [-0.1, -0.05) is 34.1 Å². The normalized spacial score (nSPS) is 50.2. The molecular weight excluding hydrogens is 388 g/mol. The molecule has 0 amide bonds. The van der Waals surface area contributed by atoms with E-state index in [0.717, 1.165) is 32.1 Å². The second-order valence-corrected chi connectivity index (χ2v) is 12.2. The first-order valence-corrected chi connectivity index (χ1v) is 13.1. The van der Waals surface area contributed by atoms with E-state index in [0.29, 0.717) is 47.8 Å². The third kappa shape index (κ3) is 3.68. The van der Waals surface area contributed by atoms with Gasteiger partial charge in [-0.05, 0) is 104 Å². The minimum absolute atomic E-state index is 0.0952. The van der Waals surface area contributed by atoms with E-state index in [-0.39, 0.29) is 29.0 Å². The van der Waals surface area contributed by atoms with E-state index in [1.165, 1.54) is 32.8 Å². The smallest absolute Gasteiger partial charge is 0.305 e. The fourth-order valence-electron chi connectivity index (χ4n) is 9.58. The molecule has 11 atom stereocenters. The number of methoxy groups -OCH3 is 1. The minimum atomic E-state index is -0.230. The minimum Gasteiger partial charge on any atom is -0.469 e. The average Bonchev–Trinajstić information content (AvgIpc) is 3.10. The first kappa shape index (κ1) is 23.5. The first-order valence-electron chi connectivity index (χ1n) is 13.1. The van der Waals surface area contributed by atoms with Crippen LogP contribution in [0.25, 0.3) is 0 Å². The lowest BCUT2D eigenvalue weighted by Crippen LogP contribution is -2.62. The Labute approximate surface area is 189 Å². The lowest BCUT2D eigenvalue weighted by atomic mass is 9.41. The molecule has 0 saturated heterocycles. The van der Waals surface area contributed by atoms with Crippen molar-refractivity contribution in [1.82, 2.24) is 0 Å². The fraction of sp³-hybridized carbons (Fsp3) is 0.963. The van der Waals surface area contributed by atoms with Crippen LogP contribution in [0.4, 0.5) is 0 Å². The third-order valence-corrected chi connectivity index (χ3v) is 11.2. The van der Waals surface area contributed by atoms with E-state index < -0.39 is 0 Å². The largest absolute Gasteiger partial charge is 0.469 e. The summed E-state index contributed by atoms with van der Waals surface area (Å²) in [5.41, 5.74) is 0.535. The van der Waals surface area contributed by atoms with Crippen molar-refractivity contribution in [3.63, 3.8) is 0 Å². The van der Waals surface area contributed by atoms with Crippen LogP contribution in [0.1, 0.15) is 91.9 Å². The Balaban J connectivity index is 1.58. The molecule has 4 fully saturated rings. The van der Waals surface area contributed by atoms with E-state index in [1.54, 1.807) is 0 Å². The molecule has 4 aliphatic carbocycles. The number of aliphatic hydroxyl groups is 2. The van der Waals surface area contributed by atoms with Crippen molar-refractivity contribution in [1.29, 1.82) is 0 Å². The molecule has 4 rings (SSSR count). The first-order chi connectivity index (χ1) is 14.7. The number of aliphatic hydroxyl groups excluding tert-OH is 2. The van der Waals surface area contributed by atoms with Gasteiger partial charge in [-0.15, -0.1) is 0 Å². The predicted octanol–water partition coefficient (Wildman–Crippen LogP) is 5.20. The molecule has 5 unspecified atom stereocenters. The van der Waals surface area contributed by atoms with E-state index >= 15 is 0 Å². The second kappa shape index (κ2) is 8.63. The van der Waals surface area contributed by atoms with Gasteiger partial charge in [0.15, 0.2) is 0 Å². The van der Waals surface area contributed by atoms with Gasteiger partial charge in [0.05, 0.1) is 19.3 Å². The van der Waals surface area contributed by atoms with Gasteiger partial charge in [-0.25, -0.2) is 0 Å². The molecular formula is C27H46O4. The van der Waals surface area contributed by atoms with E-state index in [4.69, 9.17) is 4.74 Å². The highest BCUT2D eigenvalue weighted by molar-refractivity contribution is 5.69. The van der Waals surface area contributed by atoms with E-state index in [2.05, 4.69) is 27.7 Å². The summed E-state index contributed by atoms with van der Waals surface area (Å²) in [6.07, 6.45) is 9.87. The predicted molar refractivity (Wildman–Crippen MR) is 122 cm³/mol. The zero-order valence-electron chi connectivity index (χ0n) is 20.5. The maximum atomic E-state index is 11.8. The number of fused-ring (bicyclic) bond motifs is 5. The molecule has 4 aliphatic rings. The molecule has 0 bridgehead atoms. The van der Waals surface area contributed by atoms with Crippen molar-refractivity contribution in [2.45, 2.75) is 104 Å². The molecule has 4 nitrogen and oxygen atoms in total. The maximum absolute atomic E-state index is 11.8. The summed E-state index contributed by atoms with van der Waals surface area (Å²) < 4.78 is 4.88. The van der Waals surface area contributed by atoms with Crippen molar-refractivity contribution < 1.29 is 19.7 Å². The lowest BCUT2D eigenvalue weighted by Gasteiger charge is -2.64. The van der Waals surface area contributed by atoms with Gasteiger partial charge < -0.3 is 14.9 Å².